The van der Waals surface area contributed by atoms with Gasteiger partial charge in [-0.1, -0.05) is 212 Å². The van der Waals surface area contributed by atoms with Crippen molar-refractivity contribution >= 4 is 19.8 Å². The predicted molar refractivity (Wildman–Crippen MR) is 316 cm³/mol. The smallest absolute Gasteiger partial charge is 0.462 e. The van der Waals surface area contributed by atoms with E-state index in [-0.39, 0.29) is 32.0 Å². The number of carbonyl (C=O) groups excluding carboxylic acids is 2. The fourth-order valence-corrected chi connectivity index (χ4v) is 7.95. The normalized spacial score (nSPS) is 14.3. The van der Waals surface area contributed by atoms with E-state index in [1.165, 1.54) is 44.9 Å². The second kappa shape index (κ2) is 54.0. The van der Waals surface area contributed by atoms with Crippen molar-refractivity contribution in [1.29, 1.82) is 0 Å². The van der Waals surface area contributed by atoms with Gasteiger partial charge in [0.15, 0.2) is 6.10 Å². The molecule has 0 spiro atoms. The Bertz CT molecular complexity index is 1710. The number of rotatable bonds is 51. The van der Waals surface area contributed by atoms with E-state index in [0.717, 1.165) is 122 Å². The van der Waals surface area contributed by atoms with Gasteiger partial charge in [0.25, 0.3) is 0 Å². The van der Waals surface area contributed by atoms with Gasteiger partial charge < -0.3 is 18.9 Å². The number of carbonyl (C=O) groups is 2. The maximum absolute atomic E-state index is 12.8. The van der Waals surface area contributed by atoms with Crippen molar-refractivity contribution in [1.82, 2.24) is 0 Å². The Morgan fingerprint density at radius 3 is 1.15 bits per heavy atom. The molecule has 0 fully saturated rings. The highest BCUT2D eigenvalue weighted by Crippen LogP contribution is 2.43. The zero-order valence-electron chi connectivity index (χ0n) is 47.5. The number of unbranched alkanes of at least 4 members (excludes halogenated alkanes) is 15. The van der Waals surface area contributed by atoms with Gasteiger partial charge in [-0.3, -0.25) is 18.6 Å². The molecule has 10 heteroatoms. The van der Waals surface area contributed by atoms with Crippen molar-refractivity contribution in [2.45, 2.75) is 213 Å². The molecule has 420 valence electrons. The minimum atomic E-state index is -4.40. The number of phosphoric acid groups is 1. The molecule has 0 aromatic heterocycles. The zero-order chi connectivity index (χ0) is 54.2. The minimum Gasteiger partial charge on any atom is -0.462 e. The van der Waals surface area contributed by atoms with Crippen molar-refractivity contribution in [3.63, 3.8) is 0 Å². The molecule has 0 aliphatic rings. The minimum absolute atomic E-state index is 0.0198. The van der Waals surface area contributed by atoms with Crippen LogP contribution in [0.4, 0.5) is 0 Å². The first-order chi connectivity index (χ1) is 36.0. The predicted octanol–water partition coefficient (Wildman–Crippen LogP) is 18.1. The Morgan fingerprint density at radius 1 is 0.432 bits per heavy atom. The number of hydrogen-bond acceptors (Lipinski definition) is 7. The molecule has 74 heavy (non-hydrogen) atoms. The molecule has 1 N–H and O–H groups in total. The summed E-state index contributed by atoms with van der Waals surface area (Å²) in [5.74, 6) is -0.837. The van der Waals surface area contributed by atoms with E-state index < -0.39 is 26.5 Å². The van der Waals surface area contributed by atoms with E-state index >= 15 is 0 Å². The first kappa shape index (κ1) is 70.1. The number of quaternary nitrogens is 1. The fraction of sp³-hybridized carbons (Fsp3) is 0.625. The van der Waals surface area contributed by atoms with E-state index in [4.69, 9.17) is 18.5 Å². The van der Waals surface area contributed by atoms with E-state index in [1.807, 2.05) is 21.1 Å². The van der Waals surface area contributed by atoms with Crippen LogP contribution in [-0.2, 0) is 32.7 Å². The number of esters is 2. The second-order valence-corrected chi connectivity index (χ2v) is 21.4. The molecule has 2 unspecified atom stereocenters. The molecule has 0 aliphatic carbocycles. The van der Waals surface area contributed by atoms with E-state index in [2.05, 4.69) is 148 Å². The van der Waals surface area contributed by atoms with Gasteiger partial charge in [-0.25, -0.2) is 4.57 Å². The average Bonchev–Trinajstić information content (AvgIpc) is 3.36. The Hall–Kier alpha value is -3.85. The van der Waals surface area contributed by atoms with Gasteiger partial charge in [0.05, 0.1) is 27.7 Å². The molecule has 0 rings (SSSR count). The van der Waals surface area contributed by atoms with Crippen LogP contribution in [0.1, 0.15) is 206 Å². The van der Waals surface area contributed by atoms with Gasteiger partial charge in [-0.15, -0.1) is 0 Å². The van der Waals surface area contributed by atoms with Crippen LogP contribution < -0.4 is 0 Å². The summed E-state index contributed by atoms with van der Waals surface area (Å²) in [5.41, 5.74) is 0. The van der Waals surface area contributed by atoms with Gasteiger partial charge in [0.1, 0.15) is 19.8 Å². The topological polar surface area (TPSA) is 108 Å². The molecule has 2 atom stereocenters. The average molecular weight is 1050 g/mol. The standard InChI is InChI=1S/C64H106NO8P/c1-6-8-10-12-14-16-18-20-22-23-24-25-26-27-28-29-30-31-32-33-34-35-36-37-38-39-40-41-43-45-47-49-51-53-55-57-64(67)73-62(61-72-74(68,69)71-59-58-65(3,4)5)60-70-63(66)56-54-52-50-48-46-44-42-21-19-17-15-13-11-9-7-2/h8,10,14-17,20-22,24-25,27-28,30-31,33-34,36-37,39-40,42,62H,6-7,9,11-13,18-19,23,26,29,32,35,38,41,43-61H2,1-5H3/p+1/b10-8-,16-14-,17-15-,22-20-,25-24-,28-27-,31-30-,34-33-,37-36-,40-39-,42-21-. The lowest BCUT2D eigenvalue weighted by molar-refractivity contribution is -0.870. The Kier molecular flexibility index (Phi) is 51.2. The van der Waals surface area contributed by atoms with E-state index in [9.17, 15) is 19.0 Å². The van der Waals surface area contributed by atoms with Crippen molar-refractivity contribution in [2.24, 2.45) is 0 Å². The molecule has 0 aromatic rings. The summed E-state index contributed by atoms with van der Waals surface area (Å²) in [7, 11) is 1.44. The van der Waals surface area contributed by atoms with Crippen LogP contribution in [-0.4, -0.2) is 74.9 Å². The molecule has 0 heterocycles. The van der Waals surface area contributed by atoms with Crippen LogP contribution in [0.3, 0.4) is 0 Å². The molecular weight excluding hydrogens is 942 g/mol. The summed E-state index contributed by atoms with van der Waals surface area (Å²) in [4.78, 5) is 35.6. The third kappa shape index (κ3) is 57.4. The lowest BCUT2D eigenvalue weighted by Gasteiger charge is -2.24. The highest BCUT2D eigenvalue weighted by Gasteiger charge is 2.27. The van der Waals surface area contributed by atoms with E-state index in [1.54, 1.807) is 0 Å². The molecule has 0 bridgehead atoms. The van der Waals surface area contributed by atoms with Gasteiger partial charge >= 0.3 is 19.8 Å². The molecular formula is C64H107NO8P+. The van der Waals surface area contributed by atoms with Crippen LogP contribution in [0.15, 0.2) is 134 Å². The number of likely N-dealkylation sites (N-methyl/N-ethyl adjacent to an activating group) is 1. The highest BCUT2D eigenvalue weighted by molar-refractivity contribution is 7.47. The van der Waals surface area contributed by atoms with Crippen LogP contribution >= 0.6 is 7.82 Å². The number of allylic oxidation sites excluding steroid dienone is 22. The fourth-order valence-electron chi connectivity index (χ4n) is 7.21. The molecule has 0 radical (unpaired) electrons. The SMILES string of the molecule is CC/C=C\C/C=C\C/C=C\C/C=C\C/C=C\C/C=C\C/C=C\C/C=C\C/C=C\CCCCCCCCCC(=O)OC(COC(=O)CCCCCCC/C=C\C/C=C\CCCCC)COP(=O)(O)OCC[N+](C)(C)C. The van der Waals surface area contributed by atoms with Gasteiger partial charge in [0.2, 0.25) is 0 Å². The van der Waals surface area contributed by atoms with Gasteiger partial charge in [-0.05, 0) is 116 Å². The summed E-state index contributed by atoms with van der Waals surface area (Å²) in [6.07, 6.45) is 78.0. The molecule has 0 saturated carbocycles. The lowest BCUT2D eigenvalue weighted by Crippen LogP contribution is -2.37. The van der Waals surface area contributed by atoms with E-state index in [0.29, 0.717) is 23.9 Å². The van der Waals surface area contributed by atoms with Crippen molar-refractivity contribution in [2.75, 3.05) is 47.5 Å². The number of nitrogens with zero attached hydrogens (tertiary/aromatic N) is 1. The summed E-state index contributed by atoms with van der Waals surface area (Å²) in [6, 6.07) is 0. The molecule has 0 amide bonds. The summed E-state index contributed by atoms with van der Waals surface area (Å²) >= 11 is 0. The van der Waals surface area contributed by atoms with Crippen molar-refractivity contribution < 1.29 is 42.1 Å². The highest BCUT2D eigenvalue weighted by atomic mass is 31.2. The van der Waals surface area contributed by atoms with Crippen LogP contribution in [0.5, 0.6) is 0 Å². The van der Waals surface area contributed by atoms with Crippen LogP contribution in [0, 0.1) is 0 Å². The summed E-state index contributed by atoms with van der Waals surface area (Å²) in [5, 5.41) is 0. The Labute approximate surface area is 453 Å². The third-order valence-corrected chi connectivity index (χ3v) is 12.6. The van der Waals surface area contributed by atoms with Crippen LogP contribution in [0.2, 0.25) is 0 Å². The maximum atomic E-state index is 12.8. The first-order valence-electron chi connectivity index (χ1n) is 28.9. The second-order valence-electron chi connectivity index (χ2n) is 19.9. The monoisotopic (exact) mass is 1050 g/mol. The van der Waals surface area contributed by atoms with Gasteiger partial charge in [0, 0.05) is 12.8 Å². The summed E-state index contributed by atoms with van der Waals surface area (Å²) < 4.78 is 34.5. The number of phosphoric ester groups is 1. The van der Waals surface area contributed by atoms with Crippen LogP contribution in [0.25, 0.3) is 0 Å². The third-order valence-electron chi connectivity index (χ3n) is 11.7. The zero-order valence-corrected chi connectivity index (χ0v) is 48.4. The molecule has 0 aromatic carbocycles. The largest absolute Gasteiger partial charge is 0.472 e. The molecule has 0 saturated heterocycles. The number of hydrogen-bond donors (Lipinski definition) is 1. The quantitative estimate of drug-likeness (QED) is 0.0211. The molecule has 0 aliphatic heterocycles. The lowest BCUT2D eigenvalue weighted by atomic mass is 10.1. The summed E-state index contributed by atoms with van der Waals surface area (Å²) in [6.45, 7) is 4.24. The van der Waals surface area contributed by atoms with Crippen molar-refractivity contribution in [3.05, 3.63) is 134 Å². The molecule has 9 nitrogen and oxygen atoms in total. The van der Waals surface area contributed by atoms with Gasteiger partial charge in [-0.2, -0.15) is 0 Å². The number of ether oxygens (including phenoxy) is 2. The Morgan fingerprint density at radius 2 is 0.770 bits per heavy atom. The maximum Gasteiger partial charge on any atom is 0.472 e. The first-order valence-corrected chi connectivity index (χ1v) is 30.4. The Balaban J connectivity index is 4.21. The van der Waals surface area contributed by atoms with Crippen molar-refractivity contribution in [3.8, 4) is 0 Å².